The maximum absolute atomic E-state index is 5.56. The lowest BCUT2D eigenvalue weighted by atomic mass is 10.2. The largest absolute Gasteiger partial charge is 0.384 e. The molecule has 4 heteroatoms. The van der Waals surface area contributed by atoms with Gasteiger partial charge in [-0.3, -0.25) is 0 Å². The van der Waals surface area contributed by atoms with Gasteiger partial charge in [-0.25, -0.2) is 4.98 Å². The lowest BCUT2D eigenvalue weighted by Crippen LogP contribution is -2.40. The van der Waals surface area contributed by atoms with E-state index in [1.165, 1.54) is 17.2 Å². The number of pyridine rings is 1. The molecule has 0 aromatic carbocycles. The minimum atomic E-state index is 0.591. The summed E-state index contributed by atoms with van der Waals surface area (Å²) in [5.41, 5.74) is 6.74. The Morgan fingerprint density at radius 3 is 3.07 bits per heavy atom. The zero-order valence-electron chi connectivity index (χ0n) is 8.31. The van der Waals surface area contributed by atoms with Crippen LogP contribution in [-0.4, -0.2) is 29.1 Å². The maximum Gasteiger partial charge on any atom is 0.123 e. The molecule has 0 saturated carbocycles. The highest BCUT2D eigenvalue weighted by Crippen LogP contribution is 2.23. The van der Waals surface area contributed by atoms with Crippen LogP contribution in [0.1, 0.15) is 6.92 Å². The lowest BCUT2D eigenvalue weighted by molar-refractivity contribution is 0.699. The summed E-state index contributed by atoms with van der Waals surface area (Å²) < 4.78 is 0. The number of thioether (sulfide) groups is 1. The summed E-state index contributed by atoms with van der Waals surface area (Å²) in [4.78, 5) is 6.51. The summed E-state index contributed by atoms with van der Waals surface area (Å²) in [6, 6.07) is 4.51. The Morgan fingerprint density at radius 1 is 1.57 bits per heavy atom. The maximum atomic E-state index is 5.56. The SMILES string of the molecule is CC1CSCCN1c1ccc(N)nc1. The van der Waals surface area contributed by atoms with Gasteiger partial charge >= 0.3 is 0 Å². The molecule has 1 unspecified atom stereocenters. The van der Waals surface area contributed by atoms with E-state index < -0.39 is 0 Å². The third-order valence-corrected chi connectivity index (χ3v) is 3.66. The van der Waals surface area contributed by atoms with Crippen LogP contribution in [0, 0.1) is 0 Å². The smallest absolute Gasteiger partial charge is 0.123 e. The van der Waals surface area contributed by atoms with E-state index in [1.54, 1.807) is 0 Å². The van der Waals surface area contributed by atoms with Gasteiger partial charge in [0.1, 0.15) is 5.82 Å². The van der Waals surface area contributed by atoms with Gasteiger partial charge in [-0.05, 0) is 19.1 Å². The number of hydrogen-bond acceptors (Lipinski definition) is 4. The van der Waals surface area contributed by atoms with Crippen molar-refractivity contribution < 1.29 is 0 Å². The lowest BCUT2D eigenvalue weighted by Gasteiger charge is -2.34. The normalized spacial score (nSPS) is 22.4. The average Bonchev–Trinajstić information content (AvgIpc) is 2.20. The molecule has 0 bridgehead atoms. The van der Waals surface area contributed by atoms with Gasteiger partial charge in [-0.1, -0.05) is 0 Å². The van der Waals surface area contributed by atoms with Crippen LogP contribution in [-0.2, 0) is 0 Å². The van der Waals surface area contributed by atoms with Crippen LogP contribution in [0.3, 0.4) is 0 Å². The first-order chi connectivity index (χ1) is 6.77. The van der Waals surface area contributed by atoms with Crippen molar-refractivity contribution in [2.45, 2.75) is 13.0 Å². The molecule has 2 heterocycles. The van der Waals surface area contributed by atoms with Crippen LogP contribution < -0.4 is 10.6 Å². The van der Waals surface area contributed by atoms with Crippen molar-refractivity contribution in [2.75, 3.05) is 28.7 Å². The van der Waals surface area contributed by atoms with Gasteiger partial charge < -0.3 is 10.6 Å². The van der Waals surface area contributed by atoms with Crippen LogP contribution in [0.15, 0.2) is 18.3 Å². The molecule has 1 aliphatic heterocycles. The molecule has 76 valence electrons. The van der Waals surface area contributed by atoms with Gasteiger partial charge in [0.15, 0.2) is 0 Å². The van der Waals surface area contributed by atoms with Gasteiger partial charge in [-0.2, -0.15) is 11.8 Å². The number of rotatable bonds is 1. The molecule has 3 nitrogen and oxygen atoms in total. The molecule has 1 atom stereocenters. The first kappa shape index (κ1) is 9.65. The summed E-state index contributed by atoms with van der Waals surface area (Å²) in [6.45, 7) is 3.36. The molecule has 0 spiro atoms. The Morgan fingerprint density at radius 2 is 2.43 bits per heavy atom. The van der Waals surface area contributed by atoms with Crippen LogP contribution in [0.5, 0.6) is 0 Å². The zero-order chi connectivity index (χ0) is 9.97. The van der Waals surface area contributed by atoms with E-state index in [9.17, 15) is 0 Å². The molecular formula is C10H15N3S. The van der Waals surface area contributed by atoms with E-state index >= 15 is 0 Å². The molecule has 1 aromatic heterocycles. The molecule has 0 amide bonds. The molecule has 1 fully saturated rings. The van der Waals surface area contributed by atoms with E-state index in [-0.39, 0.29) is 0 Å². The Balaban J connectivity index is 2.16. The number of nitrogen functional groups attached to an aromatic ring is 1. The van der Waals surface area contributed by atoms with Crippen molar-refractivity contribution in [3.8, 4) is 0 Å². The van der Waals surface area contributed by atoms with Gasteiger partial charge in [-0.15, -0.1) is 0 Å². The molecule has 1 aromatic rings. The number of hydrogen-bond donors (Lipinski definition) is 1. The average molecular weight is 209 g/mol. The molecule has 0 aliphatic carbocycles. The summed E-state index contributed by atoms with van der Waals surface area (Å²) in [7, 11) is 0. The van der Waals surface area contributed by atoms with E-state index in [4.69, 9.17) is 5.73 Å². The second-order valence-corrected chi connectivity index (χ2v) is 4.71. The summed E-state index contributed by atoms with van der Waals surface area (Å²) in [5, 5.41) is 0. The highest BCUT2D eigenvalue weighted by atomic mass is 32.2. The Labute approximate surface area is 88.7 Å². The Kier molecular flexibility index (Phi) is 2.82. The van der Waals surface area contributed by atoms with Gasteiger partial charge in [0.2, 0.25) is 0 Å². The van der Waals surface area contributed by atoms with Crippen molar-refractivity contribution in [2.24, 2.45) is 0 Å². The summed E-state index contributed by atoms with van der Waals surface area (Å²) >= 11 is 2.02. The van der Waals surface area contributed by atoms with E-state index in [0.29, 0.717) is 11.9 Å². The molecular weight excluding hydrogens is 194 g/mol. The highest BCUT2D eigenvalue weighted by Gasteiger charge is 2.18. The van der Waals surface area contributed by atoms with E-state index in [0.717, 1.165) is 6.54 Å². The molecule has 1 aliphatic rings. The predicted octanol–water partition coefficient (Wildman–Crippen LogP) is 1.61. The van der Waals surface area contributed by atoms with Crippen LogP contribution in [0.25, 0.3) is 0 Å². The third-order valence-electron chi connectivity index (χ3n) is 2.47. The van der Waals surface area contributed by atoms with Crippen molar-refractivity contribution in [1.82, 2.24) is 4.98 Å². The third kappa shape index (κ3) is 1.95. The van der Waals surface area contributed by atoms with Crippen LogP contribution >= 0.6 is 11.8 Å². The minimum absolute atomic E-state index is 0.591. The van der Waals surface area contributed by atoms with Gasteiger partial charge in [0.05, 0.1) is 11.9 Å². The fraction of sp³-hybridized carbons (Fsp3) is 0.500. The van der Waals surface area contributed by atoms with Crippen molar-refractivity contribution >= 4 is 23.3 Å². The van der Waals surface area contributed by atoms with E-state index in [1.807, 2.05) is 24.0 Å². The van der Waals surface area contributed by atoms with Crippen molar-refractivity contribution in [3.63, 3.8) is 0 Å². The quantitative estimate of drug-likeness (QED) is 0.763. The first-order valence-electron chi connectivity index (χ1n) is 4.83. The molecule has 14 heavy (non-hydrogen) atoms. The van der Waals surface area contributed by atoms with Gasteiger partial charge in [0, 0.05) is 24.1 Å². The highest BCUT2D eigenvalue weighted by molar-refractivity contribution is 7.99. The fourth-order valence-corrected chi connectivity index (χ4v) is 2.69. The first-order valence-corrected chi connectivity index (χ1v) is 5.99. The Hall–Kier alpha value is -0.900. The topological polar surface area (TPSA) is 42.1 Å². The Bertz CT molecular complexity index is 299. The van der Waals surface area contributed by atoms with Crippen molar-refractivity contribution in [1.29, 1.82) is 0 Å². The number of anilines is 2. The number of aromatic nitrogens is 1. The summed E-state index contributed by atoms with van der Waals surface area (Å²) in [5.74, 6) is 2.99. The number of nitrogens with zero attached hydrogens (tertiary/aromatic N) is 2. The molecule has 2 rings (SSSR count). The number of nitrogens with two attached hydrogens (primary N) is 1. The second-order valence-electron chi connectivity index (χ2n) is 3.56. The van der Waals surface area contributed by atoms with Gasteiger partial charge in [0.25, 0.3) is 0 Å². The standard InChI is InChI=1S/C10H15N3S/c1-8-7-14-5-4-13(8)9-2-3-10(11)12-6-9/h2-3,6,8H,4-5,7H2,1H3,(H2,11,12). The van der Waals surface area contributed by atoms with Crippen molar-refractivity contribution in [3.05, 3.63) is 18.3 Å². The monoisotopic (exact) mass is 209 g/mol. The molecule has 1 saturated heterocycles. The fourth-order valence-electron chi connectivity index (χ4n) is 1.68. The molecule has 0 radical (unpaired) electrons. The zero-order valence-corrected chi connectivity index (χ0v) is 9.13. The molecule has 2 N–H and O–H groups in total. The minimum Gasteiger partial charge on any atom is -0.384 e. The summed E-state index contributed by atoms with van der Waals surface area (Å²) in [6.07, 6.45) is 1.86. The predicted molar refractivity (Wildman–Crippen MR) is 62.8 cm³/mol. The van der Waals surface area contributed by atoms with E-state index in [2.05, 4.69) is 22.9 Å². The van der Waals surface area contributed by atoms with Crippen LogP contribution in [0.2, 0.25) is 0 Å². The second kappa shape index (κ2) is 4.09. The van der Waals surface area contributed by atoms with Crippen LogP contribution in [0.4, 0.5) is 11.5 Å².